The molecule has 1 saturated carbocycles. The van der Waals surface area contributed by atoms with Crippen molar-refractivity contribution in [3.63, 3.8) is 0 Å². The van der Waals surface area contributed by atoms with Crippen molar-refractivity contribution in [1.29, 1.82) is 0 Å². The summed E-state index contributed by atoms with van der Waals surface area (Å²) in [5, 5.41) is 38.5. The van der Waals surface area contributed by atoms with Crippen molar-refractivity contribution in [2.24, 2.45) is 22.9 Å². The number of thioether (sulfide) groups is 1. The topological polar surface area (TPSA) is 206 Å². The van der Waals surface area contributed by atoms with Crippen LogP contribution >= 0.6 is 11.8 Å². The molecule has 6 atom stereocenters. The van der Waals surface area contributed by atoms with Gasteiger partial charge in [0.25, 0.3) is 5.69 Å². The number of rotatable bonds is 23. The molecule has 1 fully saturated rings. The molecule has 66 heavy (non-hydrogen) atoms. The van der Waals surface area contributed by atoms with E-state index in [4.69, 9.17) is 33.7 Å². The molecule has 0 bridgehead atoms. The van der Waals surface area contributed by atoms with Gasteiger partial charge in [0.2, 0.25) is 5.79 Å². The van der Waals surface area contributed by atoms with Crippen LogP contribution in [0.3, 0.4) is 0 Å². The number of unbranched alkanes of at least 4 members (excludes halogenated alkanes) is 2. The van der Waals surface area contributed by atoms with Crippen LogP contribution in [0, 0.1) is 27.9 Å². The smallest absolute Gasteiger partial charge is 0.417 e. The molecule has 1 aromatic heterocycles. The molecule has 7 rings (SSSR count). The lowest BCUT2D eigenvalue weighted by Crippen LogP contribution is -2.64. The van der Waals surface area contributed by atoms with Crippen LogP contribution in [-0.4, -0.2) is 87.7 Å². The number of aliphatic hydroxyl groups excluding tert-OH is 2. The molecule has 3 aromatic carbocycles. The second-order valence-electron chi connectivity index (χ2n) is 16.3. The summed E-state index contributed by atoms with van der Waals surface area (Å²) >= 11 is 1.70. The summed E-state index contributed by atoms with van der Waals surface area (Å²) in [7, 11) is 3.05. The Labute approximate surface area is 388 Å². The molecule has 0 radical (unpaired) electrons. The third kappa shape index (κ3) is 11.1. The van der Waals surface area contributed by atoms with Crippen molar-refractivity contribution < 1.29 is 48.5 Å². The maximum Gasteiger partial charge on any atom is 0.417 e. The first-order chi connectivity index (χ1) is 32.2. The van der Waals surface area contributed by atoms with Crippen LogP contribution in [0.2, 0.25) is 0 Å². The monoisotopic (exact) mass is 923 g/mol. The summed E-state index contributed by atoms with van der Waals surface area (Å²) in [6, 6.07) is 16.7. The van der Waals surface area contributed by atoms with Crippen molar-refractivity contribution in [1.82, 2.24) is 9.97 Å². The molecule has 1 aliphatic heterocycles. The summed E-state index contributed by atoms with van der Waals surface area (Å²) in [6.45, 7) is 4.43. The number of carbonyl (C=O) groups excluding carboxylic acids is 1. The zero-order valence-electron chi connectivity index (χ0n) is 37.2. The Hall–Kier alpha value is -6.01. The first-order valence-corrected chi connectivity index (χ1v) is 23.3. The number of hydrogen-bond donors (Lipinski definition) is 3. The van der Waals surface area contributed by atoms with Crippen LogP contribution in [-0.2, 0) is 22.6 Å². The van der Waals surface area contributed by atoms with Gasteiger partial charge in [0.15, 0.2) is 0 Å². The molecule has 4 aromatic rings. The molecular formula is C49H57N5O11S. The maximum atomic E-state index is 13.6. The number of aliphatic hydroxyl groups is 2. The first-order valence-electron chi connectivity index (χ1n) is 22.2. The molecule has 16 nitrogen and oxygen atoms in total. The standard InChI is InChI=1S/C49H57N5O11S/c1-4-24-62-49-45(66-25-19-34-30-50-20-21-51-34)29-42(53-63-31-32-11-13-35(14-12-32)54(58)59)39-26-33(9-5-7-22-55)38(10-6-8-23-56)46(47(39)49)40-27-37(16-18-43(40)65-49)64-48(57)52-41-17-15-36(60-2)28-44(41)61-3/h4,11-18,20-21,26-28,30,33,38,45-47,55-56H,1,5-10,19,22-25,29,31H2,2-3H3,(H,52,57). The number of amides is 1. The minimum Gasteiger partial charge on any atom is -0.497 e. The molecule has 17 heteroatoms. The van der Waals surface area contributed by atoms with Gasteiger partial charge < -0.3 is 38.7 Å². The Kier molecular flexibility index (Phi) is 16.7. The summed E-state index contributed by atoms with van der Waals surface area (Å²) in [5.41, 5.74) is 4.45. The number of aryl methyl sites for hydroxylation is 1. The van der Waals surface area contributed by atoms with Gasteiger partial charge >= 0.3 is 6.09 Å². The van der Waals surface area contributed by atoms with E-state index in [2.05, 4.69) is 27.9 Å². The quantitative estimate of drug-likeness (QED) is 0.0275. The summed E-state index contributed by atoms with van der Waals surface area (Å²) in [4.78, 5) is 39.4. The van der Waals surface area contributed by atoms with E-state index >= 15 is 0 Å². The number of non-ortho nitro benzene ring substituents is 1. The van der Waals surface area contributed by atoms with Gasteiger partial charge in [0, 0.05) is 74.3 Å². The predicted molar refractivity (Wildman–Crippen MR) is 250 cm³/mol. The number of benzene rings is 3. The number of hydrogen-bond acceptors (Lipinski definition) is 15. The van der Waals surface area contributed by atoms with Crippen molar-refractivity contribution in [2.75, 3.05) is 45.1 Å². The van der Waals surface area contributed by atoms with E-state index < -0.39 is 22.7 Å². The normalized spacial score (nSPS) is 22.2. The van der Waals surface area contributed by atoms with Crippen LogP contribution in [0.1, 0.15) is 67.7 Å². The SMILES string of the molecule is C=CCOC12Oc3ccc(OC(=O)Nc4ccc(OC)cc4OC)cc3C3C(CCCCO)C(CCCCO)C=C(C(=NOCc4ccc([N+](=O)[O-])cc4)CC1SCCc1cnccn1)C32. The number of methoxy groups -OCH3 is 2. The van der Waals surface area contributed by atoms with Crippen molar-refractivity contribution in [3.8, 4) is 23.0 Å². The zero-order chi connectivity index (χ0) is 46.5. The summed E-state index contributed by atoms with van der Waals surface area (Å²) in [6.07, 6.45) is 13.8. The van der Waals surface area contributed by atoms with Gasteiger partial charge in [-0.2, -0.15) is 11.8 Å². The fourth-order valence-corrected chi connectivity index (χ4v) is 10.7. The third-order valence-corrected chi connectivity index (χ3v) is 13.7. The van der Waals surface area contributed by atoms with E-state index in [-0.39, 0.29) is 55.1 Å². The van der Waals surface area contributed by atoms with Gasteiger partial charge in [-0.15, -0.1) is 6.58 Å². The largest absolute Gasteiger partial charge is 0.497 e. The zero-order valence-corrected chi connectivity index (χ0v) is 38.0. The molecule has 3 aliphatic rings. The molecule has 350 valence electrons. The number of anilines is 1. The lowest BCUT2D eigenvalue weighted by molar-refractivity contribution is -0.384. The average molecular weight is 924 g/mol. The van der Waals surface area contributed by atoms with E-state index in [1.165, 1.54) is 19.2 Å². The highest BCUT2D eigenvalue weighted by molar-refractivity contribution is 8.00. The van der Waals surface area contributed by atoms with Crippen molar-refractivity contribution in [3.05, 3.63) is 130 Å². The van der Waals surface area contributed by atoms with Crippen LogP contribution < -0.4 is 24.3 Å². The molecule has 0 saturated heterocycles. The highest BCUT2D eigenvalue weighted by Crippen LogP contribution is 2.62. The van der Waals surface area contributed by atoms with Gasteiger partial charge in [-0.3, -0.25) is 25.4 Å². The van der Waals surface area contributed by atoms with E-state index in [1.807, 2.05) is 12.1 Å². The van der Waals surface area contributed by atoms with E-state index in [0.717, 1.165) is 53.8 Å². The number of oxime groups is 1. The van der Waals surface area contributed by atoms with Crippen LogP contribution in [0.15, 0.2) is 109 Å². The molecule has 0 spiro atoms. The number of ether oxygens (including phenoxy) is 5. The van der Waals surface area contributed by atoms with E-state index in [1.54, 1.807) is 79.9 Å². The van der Waals surface area contributed by atoms with Gasteiger partial charge in [-0.05, 0) is 96.9 Å². The lowest BCUT2D eigenvalue weighted by atomic mass is 9.56. The second-order valence-corrected chi connectivity index (χ2v) is 17.7. The van der Waals surface area contributed by atoms with Gasteiger partial charge in [0.05, 0.1) is 54.0 Å². The highest BCUT2D eigenvalue weighted by atomic mass is 32.2. The number of nitro groups is 1. The second kappa shape index (κ2) is 22.9. The number of aromatic nitrogens is 2. The molecule has 6 unspecified atom stereocenters. The van der Waals surface area contributed by atoms with E-state index in [0.29, 0.717) is 60.1 Å². The molecule has 1 amide bonds. The van der Waals surface area contributed by atoms with Gasteiger partial charge in [0.1, 0.15) is 29.6 Å². The third-order valence-electron chi connectivity index (χ3n) is 12.3. The van der Waals surface area contributed by atoms with Crippen molar-refractivity contribution >= 4 is 34.9 Å². The summed E-state index contributed by atoms with van der Waals surface area (Å²) in [5.74, 6) is 0.642. The highest BCUT2D eigenvalue weighted by Gasteiger charge is 2.64. The maximum absolute atomic E-state index is 13.6. The number of nitrogens with zero attached hydrogens (tertiary/aromatic N) is 4. The predicted octanol–water partition coefficient (Wildman–Crippen LogP) is 8.82. The number of fused-ring (bicyclic) bond motifs is 2. The first kappa shape index (κ1) is 47.9. The van der Waals surface area contributed by atoms with Crippen molar-refractivity contribution in [2.45, 2.75) is 74.9 Å². The number of nitro benzene ring substituents is 1. The Morgan fingerprint density at radius 2 is 1.82 bits per heavy atom. The van der Waals surface area contributed by atoms with E-state index in [9.17, 15) is 25.1 Å². The number of carbonyl (C=O) groups is 1. The molecule has 2 heterocycles. The number of nitrogens with one attached hydrogen (secondary N) is 1. The average Bonchev–Trinajstić information content (AvgIpc) is 3.33. The Morgan fingerprint density at radius 3 is 2.53 bits per heavy atom. The molecule has 3 N–H and O–H groups in total. The summed E-state index contributed by atoms with van der Waals surface area (Å²) < 4.78 is 31.1. The number of allylic oxidation sites excluding steroid dienone is 1. The van der Waals surface area contributed by atoms with Crippen LogP contribution in [0.4, 0.5) is 16.2 Å². The fraction of sp³-hybridized carbons (Fsp3) is 0.429. The minimum atomic E-state index is -1.22. The van der Waals surface area contributed by atoms with Gasteiger partial charge in [-0.1, -0.05) is 30.1 Å². The Morgan fingerprint density at radius 1 is 1.03 bits per heavy atom. The van der Waals surface area contributed by atoms with Crippen LogP contribution in [0.5, 0.6) is 23.0 Å². The van der Waals surface area contributed by atoms with Gasteiger partial charge in [-0.25, -0.2) is 4.79 Å². The fourth-order valence-electron chi connectivity index (χ4n) is 9.35. The minimum absolute atomic E-state index is 0.0107. The van der Waals surface area contributed by atoms with Crippen LogP contribution in [0.25, 0.3) is 0 Å². The lowest BCUT2D eigenvalue weighted by Gasteiger charge is -2.58. The Bertz CT molecular complexity index is 2350. The molecular weight excluding hydrogens is 867 g/mol. The Balaban J connectivity index is 1.32. The molecule has 2 aliphatic carbocycles.